The first-order valence-corrected chi connectivity index (χ1v) is 14.3. The third-order valence-electron chi connectivity index (χ3n) is 6.42. The third kappa shape index (κ3) is 8.78. The first-order valence-electron chi connectivity index (χ1n) is 12.4. The molecule has 10 nitrogen and oxygen atoms in total. The zero-order valence-electron chi connectivity index (χ0n) is 20.5. The molecule has 0 amide bonds. The minimum Gasteiger partial charge on any atom is -0.574 e. The summed E-state index contributed by atoms with van der Waals surface area (Å²) in [5, 5.41) is 10.8. The predicted molar refractivity (Wildman–Crippen MR) is 141 cm³/mol. The Kier molecular flexibility index (Phi) is 9.79. The van der Waals surface area contributed by atoms with Crippen molar-refractivity contribution in [3.05, 3.63) is 58.6 Å². The van der Waals surface area contributed by atoms with Crippen LogP contribution in [0.3, 0.4) is 0 Å². The summed E-state index contributed by atoms with van der Waals surface area (Å²) in [6.45, 7) is 0. The highest BCUT2D eigenvalue weighted by Gasteiger charge is 2.40. The molecule has 2 aliphatic carbocycles. The van der Waals surface area contributed by atoms with Crippen molar-refractivity contribution in [2.75, 3.05) is 0 Å². The highest BCUT2D eigenvalue weighted by molar-refractivity contribution is 7.33. The number of ether oxygens (including phenoxy) is 2. The molecule has 2 atom stereocenters. The van der Waals surface area contributed by atoms with Gasteiger partial charge in [0.05, 0.1) is 4.92 Å². The van der Waals surface area contributed by atoms with E-state index in [-0.39, 0.29) is 17.4 Å². The molecule has 0 heterocycles. The molecule has 2 fully saturated rings. The Bertz CT molecular complexity index is 1140. The number of esters is 1. The van der Waals surface area contributed by atoms with E-state index in [1.165, 1.54) is 24.3 Å². The summed E-state index contributed by atoms with van der Waals surface area (Å²) >= 11 is 12.5. The van der Waals surface area contributed by atoms with Crippen molar-refractivity contribution in [2.45, 2.75) is 61.9 Å². The van der Waals surface area contributed by atoms with Gasteiger partial charge in [-0.1, -0.05) is 42.5 Å². The quantitative estimate of drug-likeness (QED) is 0.0976. The number of nitro groups is 1. The van der Waals surface area contributed by atoms with Crippen LogP contribution >= 0.6 is 31.4 Å². The summed E-state index contributed by atoms with van der Waals surface area (Å²) < 4.78 is 14.9. The standard InChI is InChI=1S/C25H28Cl2N3O7P/c26-25(27,16-17-6-7-17)36-24(31)23(18-4-2-1-3-5-18)28-29-38(34)37-22-14-12-21(13-15-22)35-20-10-8-19(9-11-20)30(32)33/h8-15,17-18,23,28H,1-7,16H2/t23-/m0/s1. The fourth-order valence-corrected chi connectivity index (χ4v) is 5.44. The molecular formula is C25H28Cl2N3O7P. The predicted octanol–water partition coefficient (Wildman–Crippen LogP) is 6.55. The van der Waals surface area contributed by atoms with Crippen LogP contribution in [0, 0.1) is 22.0 Å². The van der Waals surface area contributed by atoms with Crippen molar-refractivity contribution in [1.29, 1.82) is 0 Å². The molecule has 1 N–H and O–H groups in total. The number of alkyl halides is 2. The molecule has 2 saturated carbocycles. The summed E-state index contributed by atoms with van der Waals surface area (Å²) in [6, 6.07) is 11.1. The maximum Gasteiger partial charge on any atom is 0.412 e. The van der Waals surface area contributed by atoms with Gasteiger partial charge in [-0.15, -0.1) is 0 Å². The molecule has 0 aliphatic heterocycles. The molecule has 0 aromatic heterocycles. The van der Waals surface area contributed by atoms with Crippen LogP contribution in [0.2, 0.25) is 0 Å². The summed E-state index contributed by atoms with van der Waals surface area (Å²) in [5.41, 5.74) is 2.67. The normalized spacial score (nSPS) is 17.5. The van der Waals surface area contributed by atoms with Crippen LogP contribution < -0.4 is 19.6 Å². The van der Waals surface area contributed by atoms with E-state index in [9.17, 15) is 19.8 Å². The number of carbonyl (C=O) groups is 1. The molecule has 0 radical (unpaired) electrons. The summed E-state index contributed by atoms with van der Waals surface area (Å²) in [6.07, 6.45) is 7.04. The number of carbonyl (C=O) groups excluding carboxylic acids is 1. The molecule has 0 spiro atoms. The van der Waals surface area contributed by atoms with E-state index < -0.39 is 29.6 Å². The first kappa shape index (κ1) is 28.5. The van der Waals surface area contributed by atoms with Crippen LogP contribution in [0.1, 0.15) is 51.4 Å². The minimum atomic E-state index is -2.55. The number of non-ortho nitro benzene ring substituents is 1. The molecule has 204 valence electrons. The van der Waals surface area contributed by atoms with Gasteiger partial charge in [0.2, 0.25) is 0 Å². The Morgan fingerprint density at radius 1 is 1.03 bits per heavy atom. The molecule has 13 heteroatoms. The number of hydrogen-bond donors (Lipinski definition) is 1. The van der Waals surface area contributed by atoms with Gasteiger partial charge in [0, 0.05) is 23.4 Å². The van der Waals surface area contributed by atoms with E-state index in [1.807, 2.05) is 0 Å². The molecule has 0 bridgehead atoms. The number of nitro benzene ring substituents is 1. The van der Waals surface area contributed by atoms with E-state index in [2.05, 4.69) is 10.3 Å². The maximum absolute atomic E-state index is 13.0. The third-order valence-corrected chi connectivity index (χ3v) is 7.53. The van der Waals surface area contributed by atoms with E-state index in [4.69, 9.17) is 37.2 Å². The lowest BCUT2D eigenvalue weighted by atomic mass is 9.84. The maximum atomic E-state index is 13.0. The number of nitrogens with one attached hydrogen (secondary N) is 1. The molecular weight excluding hydrogens is 556 g/mol. The van der Waals surface area contributed by atoms with Crippen LogP contribution in [0.15, 0.2) is 53.4 Å². The van der Waals surface area contributed by atoms with Gasteiger partial charge in [-0.2, -0.15) is 5.43 Å². The van der Waals surface area contributed by atoms with Crippen LogP contribution in [0.25, 0.3) is 0 Å². The Labute approximate surface area is 231 Å². The number of nitrogens with zero attached hydrogens (tertiary/aromatic N) is 2. The Hall–Kier alpha value is -2.49. The van der Waals surface area contributed by atoms with E-state index in [1.54, 1.807) is 24.3 Å². The topological polar surface area (TPSA) is 135 Å². The number of hydrogen-bond acceptors (Lipinski definition) is 8. The highest BCUT2D eigenvalue weighted by Crippen LogP contribution is 2.42. The van der Waals surface area contributed by atoms with Crippen molar-refractivity contribution in [3.63, 3.8) is 0 Å². The van der Waals surface area contributed by atoms with Gasteiger partial charge in [-0.05, 0) is 73.9 Å². The molecule has 2 aliphatic rings. The Morgan fingerprint density at radius 3 is 2.18 bits per heavy atom. The molecule has 2 aromatic carbocycles. The number of benzene rings is 2. The van der Waals surface area contributed by atoms with Gasteiger partial charge in [-0.25, -0.2) is 0 Å². The second-order valence-electron chi connectivity index (χ2n) is 9.46. The summed E-state index contributed by atoms with van der Waals surface area (Å²) in [7, 11) is -2.55. The second-order valence-corrected chi connectivity index (χ2v) is 11.7. The van der Waals surface area contributed by atoms with Crippen molar-refractivity contribution in [1.82, 2.24) is 5.43 Å². The summed E-state index contributed by atoms with van der Waals surface area (Å²) in [5.74, 6) is 0.831. The van der Waals surface area contributed by atoms with Crippen molar-refractivity contribution in [3.8, 4) is 17.2 Å². The van der Waals surface area contributed by atoms with Gasteiger partial charge in [0.15, 0.2) is 5.75 Å². The average molecular weight is 584 g/mol. The van der Waals surface area contributed by atoms with Crippen LogP contribution in [-0.2, 0) is 9.53 Å². The zero-order valence-corrected chi connectivity index (χ0v) is 22.9. The van der Waals surface area contributed by atoms with Gasteiger partial charge < -0.3 is 14.4 Å². The smallest absolute Gasteiger partial charge is 0.412 e. The largest absolute Gasteiger partial charge is 0.574 e. The van der Waals surface area contributed by atoms with Crippen LogP contribution in [0.4, 0.5) is 5.69 Å². The number of rotatable bonds is 12. The molecule has 38 heavy (non-hydrogen) atoms. The summed E-state index contributed by atoms with van der Waals surface area (Å²) in [4.78, 5) is 39.7. The lowest BCUT2D eigenvalue weighted by Crippen LogP contribution is -2.44. The average Bonchev–Trinajstić information content (AvgIpc) is 3.69. The lowest BCUT2D eigenvalue weighted by Gasteiger charge is -2.29. The molecule has 4 rings (SSSR count). The highest BCUT2D eigenvalue weighted by atomic mass is 35.5. The van der Waals surface area contributed by atoms with E-state index in [0.29, 0.717) is 23.8 Å². The lowest BCUT2D eigenvalue weighted by molar-refractivity contribution is -0.384. The fraction of sp³-hybridized carbons (Fsp3) is 0.480. The van der Waals surface area contributed by atoms with E-state index >= 15 is 0 Å². The first-order chi connectivity index (χ1) is 18.2. The van der Waals surface area contributed by atoms with Crippen molar-refractivity contribution < 1.29 is 28.6 Å². The zero-order chi connectivity index (χ0) is 27.1. The Balaban J connectivity index is 1.34. The van der Waals surface area contributed by atoms with Crippen LogP contribution in [-0.4, -0.2) is 21.5 Å². The van der Waals surface area contributed by atoms with Gasteiger partial charge >= 0.3 is 14.1 Å². The molecule has 2 aromatic rings. The van der Waals surface area contributed by atoms with Crippen molar-refractivity contribution in [2.24, 2.45) is 16.7 Å². The fourth-order valence-electron chi connectivity index (χ4n) is 4.29. The second kappa shape index (κ2) is 13.0. The van der Waals surface area contributed by atoms with E-state index in [0.717, 1.165) is 44.9 Å². The van der Waals surface area contributed by atoms with Gasteiger partial charge in [0.1, 0.15) is 17.5 Å². The van der Waals surface area contributed by atoms with Crippen LogP contribution in [0.5, 0.6) is 17.2 Å². The van der Waals surface area contributed by atoms with Gasteiger partial charge in [-0.3, -0.25) is 19.4 Å². The van der Waals surface area contributed by atoms with Crippen molar-refractivity contribution >= 4 is 43.0 Å². The minimum absolute atomic E-state index is 0.0378. The molecule has 0 saturated heterocycles. The SMILES string of the molecule is O=C(OC(Cl)(Cl)CC1CC1)[C@@H](N/N=[P+](\[O-])Oc1ccc(Oc2ccc([N+](=O)[O-])cc2)cc1)C1CCCCC1. The Morgan fingerprint density at radius 2 is 1.61 bits per heavy atom. The molecule has 1 unspecified atom stereocenters. The number of halogens is 2. The monoisotopic (exact) mass is 583 g/mol. The van der Waals surface area contributed by atoms with Gasteiger partial charge in [0.25, 0.3) is 10.2 Å².